The van der Waals surface area contributed by atoms with Crippen molar-refractivity contribution in [1.29, 1.82) is 0 Å². The van der Waals surface area contributed by atoms with Crippen LogP contribution in [0.2, 0.25) is 0 Å². The standard InChI is InChI=1S/C14H16N2S/c1-10-3-2-4-11(7-10)13-9-17-14(16-13)8-15-12-5-6-12/h2-4,7,9,12,15H,5-6,8H2,1H3. The fourth-order valence-electron chi connectivity index (χ4n) is 1.85. The highest BCUT2D eigenvalue weighted by molar-refractivity contribution is 7.09. The van der Waals surface area contributed by atoms with Gasteiger partial charge in [0.2, 0.25) is 0 Å². The molecule has 1 aromatic heterocycles. The van der Waals surface area contributed by atoms with Crippen LogP contribution in [0.1, 0.15) is 23.4 Å². The highest BCUT2D eigenvalue weighted by atomic mass is 32.1. The zero-order chi connectivity index (χ0) is 11.7. The average Bonchev–Trinajstić information content (AvgIpc) is 3.04. The van der Waals surface area contributed by atoms with Crippen LogP contribution in [0.25, 0.3) is 11.3 Å². The van der Waals surface area contributed by atoms with Gasteiger partial charge < -0.3 is 5.32 Å². The van der Waals surface area contributed by atoms with Gasteiger partial charge in [-0.3, -0.25) is 0 Å². The highest BCUT2D eigenvalue weighted by Crippen LogP contribution is 2.24. The fourth-order valence-corrected chi connectivity index (χ4v) is 2.60. The highest BCUT2D eigenvalue weighted by Gasteiger charge is 2.20. The lowest BCUT2D eigenvalue weighted by molar-refractivity contribution is 0.685. The topological polar surface area (TPSA) is 24.9 Å². The van der Waals surface area contributed by atoms with Crippen molar-refractivity contribution < 1.29 is 0 Å². The van der Waals surface area contributed by atoms with Crippen molar-refractivity contribution in [1.82, 2.24) is 10.3 Å². The summed E-state index contributed by atoms with van der Waals surface area (Å²) in [6.07, 6.45) is 2.66. The summed E-state index contributed by atoms with van der Waals surface area (Å²) in [5.74, 6) is 0. The van der Waals surface area contributed by atoms with E-state index in [0.29, 0.717) is 0 Å². The second kappa shape index (κ2) is 4.59. The van der Waals surface area contributed by atoms with Gasteiger partial charge in [-0.15, -0.1) is 11.3 Å². The first-order valence-electron chi connectivity index (χ1n) is 6.06. The molecule has 88 valence electrons. The number of thiazole rings is 1. The van der Waals surface area contributed by atoms with Crippen LogP contribution in [0.5, 0.6) is 0 Å². The van der Waals surface area contributed by atoms with Gasteiger partial charge in [0.05, 0.1) is 5.69 Å². The number of nitrogens with one attached hydrogen (secondary N) is 1. The number of aryl methyl sites for hydroxylation is 1. The van der Waals surface area contributed by atoms with Crippen molar-refractivity contribution in [2.45, 2.75) is 32.4 Å². The van der Waals surface area contributed by atoms with Crippen molar-refractivity contribution in [2.24, 2.45) is 0 Å². The average molecular weight is 244 g/mol. The van der Waals surface area contributed by atoms with E-state index in [1.807, 2.05) is 0 Å². The molecule has 1 aromatic carbocycles. The first-order chi connectivity index (χ1) is 8.31. The number of benzene rings is 1. The molecule has 3 heteroatoms. The number of nitrogens with zero attached hydrogens (tertiary/aromatic N) is 1. The van der Waals surface area contributed by atoms with Crippen molar-refractivity contribution in [3.8, 4) is 11.3 Å². The van der Waals surface area contributed by atoms with E-state index >= 15 is 0 Å². The quantitative estimate of drug-likeness (QED) is 0.892. The third-order valence-corrected chi connectivity index (χ3v) is 3.83. The number of rotatable bonds is 4. The van der Waals surface area contributed by atoms with Crippen LogP contribution in [-0.4, -0.2) is 11.0 Å². The molecule has 0 unspecified atom stereocenters. The Kier molecular flexibility index (Phi) is 2.95. The van der Waals surface area contributed by atoms with Gasteiger partial charge in [0.15, 0.2) is 0 Å². The summed E-state index contributed by atoms with van der Waals surface area (Å²) in [5, 5.41) is 6.84. The molecule has 1 aliphatic rings. The number of aromatic nitrogens is 1. The van der Waals surface area contributed by atoms with Crippen LogP contribution in [0.15, 0.2) is 29.6 Å². The maximum absolute atomic E-state index is 4.68. The fraction of sp³-hybridized carbons (Fsp3) is 0.357. The van der Waals surface area contributed by atoms with Crippen LogP contribution < -0.4 is 5.32 Å². The van der Waals surface area contributed by atoms with Crippen LogP contribution in [0.3, 0.4) is 0 Å². The smallest absolute Gasteiger partial charge is 0.107 e. The lowest BCUT2D eigenvalue weighted by Gasteiger charge is -1.99. The molecule has 1 heterocycles. The normalized spacial score (nSPS) is 15.1. The molecule has 1 saturated carbocycles. The Morgan fingerprint density at radius 1 is 1.41 bits per heavy atom. The van der Waals surface area contributed by atoms with Crippen molar-refractivity contribution in [2.75, 3.05) is 0 Å². The third-order valence-electron chi connectivity index (χ3n) is 2.98. The Hall–Kier alpha value is -1.19. The SMILES string of the molecule is Cc1cccc(-c2csc(CNC3CC3)n2)c1. The predicted octanol–water partition coefficient (Wildman–Crippen LogP) is 3.37. The summed E-state index contributed by atoms with van der Waals surface area (Å²) in [5.41, 5.74) is 3.61. The molecule has 0 atom stereocenters. The monoisotopic (exact) mass is 244 g/mol. The van der Waals surface area contributed by atoms with Gasteiger partial charge in [0.25, 0.3) is 0 Å². The second-order valence-corrected chi connectivity index (χ2v) is 5.59. The van der Waals surface area contributed by atoms with Crippen LogP contribution in [-0.2, 0) is 6.54 Å². The van der Waals surface area contributed by atoms with Gasteiger partial charge in [-0.2, -0.15) is 0 Å². The maximum Gasteiger partial charge on any atom is 0.107 e. The Morgan fingerprint density at radius 3 is 3.06 bits per heavy atom. The van der Waals surface area contributed by atoms with Crippen LogP contribution >= 0.6 is 11.3 Å². The summed E-state index contributed by atoms with van der Waals surface area (Å²) in [4.78, 5) is 4.68. The molecule has 0 bridgehead atoms. The minimum Gasteiger partial charge on any atom is -0.308 e. The largest absolute Gasteiger partial charge is 0.308 e. The third kappa shape index (κ3) is 2.73. The molecular formula is C14H16N2S. The van der Waals surface area contributed by atoms with E-state index in [1.165, 1.54) is 29.0 Å². The van der Waals surface area contributed by atoms with Gasteiger partial charge in [-0.05, 0) is 25.8 Å². The zero-order valence-electron chi connectivity index (χ0n) is 9.94. The summed E-state index contributed by atoms with van der Waals surface area (Å²) in [7, 11) is 0. The second-order valence-electron chi connectivity index (χ2n) is 4.65. The zero-order valence-corrected chi connectivity index (χ0v) is 10.8. The Bertz CT molecular complexity index is 514. The first kappa shape index (κ1) is 10.9. The van der Waals surface area contributed by atoms with Gasteiger partial charge in [-0.25, -0.2) is 4.98 Å². The van der Waals surface area contributed by atoms with Gasteiger partial charge >= 0.3 is 0 Å². The van der Waals surface area contributed by atoms with E-state index < -0.39 is 0 Å². The van der Waals surface area contributed by atoms with E-state index in [2.05, 4.69) is 46.9 Å². The summed E-state index contributed by atoms with van der Waals surface area (Å²) in [6, 6.07) is 9.27. The molecule has 0 saturated heterocycles. The van der Waals surface area contributed by atoms with E-state index in [-0.39, 0.29) is 0 Å². The number of hydrogen-bond donors (Lipinski definition) is 1. The molecular weight excluding hydrogens is 228 g/mol. The van der Waals surface area contributed by atoms with E-state index in [9.17, 15) is 0 Å². The molecule has 0 amide bonds. The van der Waals surface area contributed by atoms with Crippen molar-refractivity contribution in [3.05, 3.63) is 40.2 Å². The molecule has 2 aromatic rings. The lowest BCUT2D eigenvalue weighted by atomic mass is 10.1. The van der Waals surface area contributed by atoms with E-state index in [1.54, 1.807) is 11.3 Å². The molecule has 17 heavy (non-hydrogen) atoms. The van der Waals surface area contributed by atoms with E-state index in [0.717, 1.165) is 18.3 Å². The molecule has 2 nitrogen and oxygen atoms in total. The Morgan fingerprint density at radius 2 is 2.29 bits per heavy atom. The van der Waals surface area contributed by atoms with Crippen LogP contribution in [0.4, 0.5) is 0 Å². The molecule has 3 rings (SSSR count). The Balaban J connectivity index is 1.74. The lowest BCUT2D eigenvalue weighted by Crippen LogP contribution is -2.14. The summed E-state index contributed by atoms with van der Waals surface area (Å²) < 4.78 is 0. The van der Waals surface area contributed by atoms with Crippen molar-refractivity contribution >= 4 is 11.3 Å². The van der Waals surface area contributed by atoms with Crippen molar-refractivity contribution in [3.63, 3.8) is 0 Å². The summed E-state index contributed by atoms with van der Waals surface area (Å²) >= 11 is 1.75. The molecule has 1 fully saturated rings. The molecule has 0 radical (unpaired) electrons. The van der Waals surface area contributed by atoms with Gasteiger partial charge in [-0.1, -0.05) is 23.8 Å². The van der Waals surface area contributed by atoms with Crippen LogP contribution in [0, 0.1) is 6.92 Å². The van der Waals surface area contributed by atoms with Gasteiger partial charge in [0, 0.05) is 23.5 Å². The predicted molar refractivity (Wildman–Crippen MR) is 72.1 cm³/mol. The maximum atomic E-state index is 4.68. The molecule has 1 N–H and O–H groups in total. The first-order valence-corrected chi connectivity index (χ1v) is 6.94. The molecule has 0 aliphatic heterocycles. The van der Waals surface area contributed by atoms with E-state index in [4.69, 9.17) is 0 Å². The minimum atomic E-state index is 0.751. The molecule has 0 spiro atoms. The molecule has 1 aliphatic carbocycles. The Labute approximate surface area is 106 Å². The van der Waals surface area contributed by atoms with Gasteiger partial charge in [0.1, 0.15) is 5.01 Å². The minimum absolute atomic E-state index is 0.751. The summed E-state index contributed by atoms with van der Waals surface area (Å²) in [6.45, 7) is 3.03. The number of hydrogen-bond acceptors (Lipinski definition) is 3.